The van der Waals surface area contributed by atoms with Gasteiger partial charge >= 0.3 is 0 Å². The van der Waals surface area contributed by atoms with Crippen molar-refractivity contribution >= 4 is 34.4 Å². The summed E-state index contributed by atoms with van der Waals surface area (Å²) in [6, 6.07) is 8.07. The Morgan fingerprint density at radius 2 is 2.07 bits per heavy atom. The zero-order chi connectivity index (χ0) is 20.8. The van der Waals surface area contributed by atoms with Gasteiger partial charge in [0.05, 0.1) is 17.9 Å². The number of nitrogens with two attached hydrogens (primary N) is 1. The van der Waals surface area contributed by atoms with Crippen molar-refractivity contribution in [3.8, 4) is 10.6 Å². The van der Waals surface area contributed by atoms with E-state index in [4.69, 9.17) is 5.73 Å². The van der Waals surface area contributed by atoms with Crippen molar-refractivity contribution < 1.29 is 13.6 Å². The van der Waals surface area contributed by atoms with Crippen molar-refractivity contribution in [3.63, 3.8) is 0 Å². The topological polar surface area (TPSA) is 75.3 Å². The van der Waals surface area contributed by atoms with Gasteiger partial charge in [-0.25, -0.2) is 18.7 Å². The normalized spacial score (nSPS) is 18.7. The maximum absolute atomic E-state index is 13.5. The number of nitrogens with zero attached hydrogens (tertiary/aromatic N) is 4. The number of carbonyl (C=O) groups excluding carboxylic acids is 1. The number of alkyl halides is 1. The number of carbonyl (C=O) groups is 1. The Kier molecular flexibility index (Phi) is 4.62. The van der Waals surface area contributed by atoms with Gasteiger partial charge in [0.2, 0.25) is 0 Å². The number of benzene rings is 1. The van der Waals surface area contributed by atoms with Crippen LogP contribution < -0.4 is 15.5 Å². The highest BCUT2D eigenvalue weighted by atomic mass is 32.1. The largest absolute Gasteiger partial charge is 0.396 e. The summed E-state index contributed by atoms with van der Waals surface area (Å²) >= 11 is 1.32. The molecular weight excluding hydrogens is 408 g/mol. The Labute approximate surface area is 176 Å². The van der Waals surface area contributed by atoms with Crippen LogP contribution in [0.15, 0.2) is 36.5 Å². The zero-order valence-corrected chi connectivity index (χ0v) is 16.8. The average Bonchev–Trinajstić information content (AvgIpc) is 3.38. The number of hydrogen-bond acceptors (Lipinski definition) is 6. The number of anilines is 3. The summed E-state index contributed by atoms with van der Waals surface area (Å²) in [6.45, 7) is 1.49. The summed E-state index contributed by atoms with van der Waals surface area (Å²) in [6.07, 6.45) is 2.05. The summed E-state index contributed by atoms with van der Waals surface area (Å²) in [5.41, 5.74) is 7.82. The van der Waals surface area contributed by atoms with Crippen LogP contribution in [0.2, 0.25) is 0 Å². The van der Waals surface area contributed by atoms with Crippen molar-refractivity contribution in [2.24, 2.45) is 0 Å². The minimum absolute atomic E-state index is 0.0133. The van der Waals surface area contributed by atoms with Crippen LogP contribution in [0.3, 0.4) is 0 Å². The fraction of sp³-hybridized carbons (Fsp3) is 0.286. The Balaban J connectivity index is 1.39. The summed E-state index contributed by atoms with van der Waals surface area (Å²) in [5.74, 6) is 0.0777. The highest BCUT2D eigenvalue weighted by Crippen LogP contribution is 2.34. The van der Waals surface area contributed by atoms with Crippen molar-refractivity contribution in [1.82, 2.24) is 9.97 Å². The van der Waals surface area contributed by atoms with E-state index < -0.39 is 12.0 Å². The van der Waals surface area contributed by atoms with Gasteiger partial charge in [0.25, 0.3) is 5.91 Å². The second kappa shape index (κ2) is 7.32. The maximum atomic E-state index is 13.5. The van der Waals surface area contributed by atoms with Gasteiger partial charge in [-0.2, -0.15) is 0 Å². The Morgan fingerprint density at radius 3 is 2.77 bits per heavy atom. The first-order chi connectivity index (χ1) is 14.5. The number of fused-ring (bicyclic) bond motifs is 1. The standard InChI is InChI=1S/C21H19F2N5OS/c22-13-5-7-27(11-13)18-4-1-12(10-25-18)20-26-17-6-8-28(21(29)19(17)30-20)14-2-3-15(23)16(24)9-14/h1-4,9-10,13H,5-8,11,24H2. The lowest BCUT2D eigenvalue weighted by molar-refractivity contribution is 0.0984. The van der Waals surface area contributed by atoms with Gasteiger partial charge in [0.15, 0.2) is 0 Å². The molecule has 1 fully saturated rings. The number of amides is 1. The summed E-state index contributed by atoms with van der Waals surface area (Å²) in [5, 5.41) is 0.720. The van der Waals surface area contributed by atoms with E-state index in [0.717, 1.165) is 22.1 Å². The first kappa shape index (κ1) is 18.9. The summed E-state index contributed by atoms with van der Waals surface area (Å²) in [4.78, 5) is 26.2. The van der Waals surface area contributed by atoms with Crippen LogP contribution in [0.5, 0.6) is 0 Å². The number of aromatic nitrogens is 2. The van der Waals surface area contributed by atoms with Crippen molar-refractivity contribution in [2.75, 3.05) is 35.2 Å². The molecule has 1 atom stereocenters. The lowest BCUT2D eigenvalue weighted by Crippen LogP contribution is -2.37. The second-order valence-electron chi connectivity index (χ2n) is 7.44. The Morgan fingerprint density at radius 1 is 1.20 bits per heavy atom. The van der Waals surface area contributed by atoms with Gasteiger partial charge in [-0.1, -0.05) is 0 Å². The molecule has 4 heterocycles. The Hall–Kier alpha value is -3.07. The zero-order valence-electron chi connectivity index (χ0n) is 16.0. The third kappa shape index (κ3) is 3.28. The number of halogens is 2. The monoisotopic (exact) mass is 427 g/mol. The van der Waals surface area contributed by atoms with Crippen molar-refractivity contribution in [3.05, 3.63) is 52.9 Å². The lowest BCUT2D eigenvalue weighted by Gasteiger charge is -2.26. The predicted octanol–water partition coefficient (Wildman–Crippen LogP) is 3.68. The van der Waals surface area contributed by atoms with E-state index in [0.29, 0.717) is 43.0 Å². The smallest absolute Gasteiger partial charge is 0.270 e. The van der Waals surface area contributed by atoms with E-state index >= 15 is 0 Å². The van der Waals surface area contributed by atoms with Crippen LogP contribution in [-0.4, -0.2) is 41.7 Å². The van der Waals surface area contributed by atoms with Crippen molar-refractivity contribution in [1.29, 1.82) is 0 Å². The quantitative estimate of drug-likeness (QED) is 0.646. The van der Waals surface area contributed by atoms with E-state index in [9.17, 15) is 13.6 Å². The van der Waals surface area contributed by atoms with E-state index in [1.165, 1.54) is 23.5 Å². The molecule has 2 aromatic heterocycles. The third-order valence-electron chi connectivity index (χ3n) is 5.45. The molecule has 0 spiro atoms. The minimum Gasteiger partial charge on any atom is -0.396 e. The Bertz CT molecular complexity index is 1120. The number of nitrogen functional groups attached to an aromatic ring is 1. The number of pyridine rings is 1. The molecule has 2 aliphatic heterocycles. The summed E-state index contributed by atoms with van der Waals surface area (Å²) < 4.78 is 26.9. The van der Waals surface area contributed by atoms with Crippen LogP contribution in [0.4, 0.5) is 26.0 Å². The molecule has 9 heteroatoms. The van der Waals surface area contributed by atoms with Crippen LogP contribution in [-0.2, 0) is 6.42 Å². The molecule has 1 amide bonds. The molecule has 3 aromatic rings. The fourth-order valence-electron chi connectivity index (χ4n) is 3.82. The van der Waals surface area contributed by atoms with Crippen LogP contribution >= 0.6 is 11.3 Å². The SMILES string of the molecule is Nc1cc(N2CCc3nc(-c4ccc(N5CCC(F)C5)nc4)sc3C2=O)ccc1F. The van der Waals surface area contributed by atoms with Gasteiger partial charge in [-0.15, -0.1) is 11.3 Å². The molecule has 1 aromatic carbocycles. The minimum atomic E-state index is -0.803. The van der Waals surface area contributed by atoms with Crippen LogP contribution in [0.1, 0.15) is 21.8 Å². The summed E-state index contributed by atoms with van der Waals surface area (Å²) in [7, 11) is 0. The molecule has 154 valence electrons. The van der Waals surface area contributed by atoms with Gasteiger partial charge in [-0.3, -0.25) is 4.79 Å². The lowest BCUT2D eigenvalue weighted by atomic mass is 10.1. The van der Waals surface area contributed by atoms with Crippen LogP contribution in [0, 0.1) is 5.82 Å². The first-order valence-electron chi connectivity index (χ1n) is 9.71. The average molecular weight is 427 g/mol. The molecule has 30 heavy (non-hydrogen) atoms. The highest BCUT2D eigenvalue weighted by Gasteiger charge is 2.30. The molecular formula is C21H19F2N5OS. The molecule has 0 radical (unpaired) electrons. The van der Waals surface area contributed by atoms with Gasteiger partial charge in [-0.05, 0) is 36.8 Å². The molecule has 0 bridgehead atoms. The van der Waals surface area contributed by atoms with Crippen LogP contribution in [0.25, 0.3) is 10.6 Å². The fourth-order valence-corrected chi connectivity index (χ4v) is 4.88. The van der Waals surface area contributed by atoms with E-state index in [-0.39, 0.29) is 11.6 Å². The van der Waals surface area contributed by atoms with Crippen molar-refractivity contribution in [2.45, 2.75) is 19.0 Å². The molecule has 5 rings (SSSR count). The van der Waals surface area contributed by atoms with Gasteiger partial charge in [0, 0.05) is 37.0 Å². The molecule has 0 aliphatic carbocycles. The molecule has 6 nitrogen and oxygen atoms in total. The predicted molar refractivity (Wildman–Crippen MR) is 113 cm³/mol. The van der Waals surface area contributed by atoms with E-state index in [1.807, 2.05) is 17.0 Å². The first-order valence-corrected chi connectivity index (χ1v) is 10.5. The molecule has 0 saturated carbocycles. The molecule has 1 unspecified atom stereocenters. The highest BCUT2D eigenvalue weighted by molar-refractivity contribution is 7.17. The van der Waals surface area contributed by atoms with Gasteiger partial charge < -0.3 is 15.5 Å². The molecule has 2 aliphatic rings. The third-order valence-corrected chi connectivity index (χ3v) is 6.58. The number of rotatable bonds is 3. The molecule has 2 N–H and O–H groups in total. The number of hydrogen-bond donors (Lipinski definition) is 1. The molecule has 1 saturated heterocycles. The maximum Gasteiger partial charge on any atom is 0.270 e. The van der Waals surface area contributed by atoms with E-state index in [1.54, 1.807) is 17.2 Å². The van der Waals surface area contributed by atoms with E-state index in [2.05, 4.69) is 9.97 Å². The number of thiazole rings is 1. The van der Waals surface area contributed by atoms with Gasteiger partial charge in [0.1, 0.15) is 27.7 Å². The second-order valence-corrected chi connectivity index (χ2v) is 8.44.